The summed E-state index contributed by atoms with van der Waals surface area (Å²) in [6.07, 6.45) is 6.27. The Bertz CT molecular complexity index is 1100. The number of hydrogen-bond donors (Lipinski definition) is 0. The first-order valence-corrected chi connectivity index (χ1v) is 12.2. The van der Waals surface area contributed by atoms with Crippen LogP contribution in [0.25, 0.3) is 0 Å². The molecule has 3 amide bonds. The van der Waals surface area contributed by atoms with E-state index in [1.54, 1.807) is 31.5 Å². The number of aryl methyl sites for hydroxylation is 1. The summed E-state index contributed by atoms with van der Waals surface area (Å²) in [5, 5.41) is 0. The van der Waals surface area contributed by atoms with Crippen LogP contribution in [-0.2, 0) is 26.8 Å². The summed E-state index contributed by atoms with van der Waals surface area (Å²) in [5.74, 6) is 0.750. The second kappa shape index (κ2) is 10.2. The molecular formula is C26H35N5O4. The fourth-order valence-corrected chi connectivity index (χ4v) is 5.27. The Morgan fingerprint density at radius 3 is 2.74 bits per heavy atom. The summed E-state index contributed by atoms with van der Waals surface area (Å²) in [5.41, 5.74) is -0.611. The molecule has 2 saturated heterocycles. The largest absolute Gasteiger partial charge is 0.497 e. The molecule has 9 nitrogen and oxygen atoms in total. The second-order valence-electron chi connectivity index (χ2n) is 9.82. The molecule has 1 aromatic heterocycles. The molecule has 188 valence electrons. The minimum absolute atomic E-state index is 0.0287. The highest BCUT2D eigenvalue weighted by Gasteiger charge is 2.54. The van der Waals surface area contributed by atoms with Gasteiger partial charge in [-0.3, -0.25) is 19.3 Å². The Morgan fingerprint density at radius 1 is 1.26 bits per heavy atom. The van der Waals surface area contributed by atoms with Crippen molar-refractivity contribution in [3.8, 4) is 5.75 Å². The van der Waals surface area contributed by atoms with Gasteiger partial charge in [0.15, 0.2) is 0 Å². The van der Waals surface area contributed by atoms with Crippen LogP contribution in [0, 0.1) is 0 Å². The predicted molar refractivity (Wildman–Crippen MR) is 131 cm³/mol. The molecule has 0 radical (unpaired) electrons. The second-order valence-corrected chi connectivity index (χ2v) is 9.82. The van der Waals surface area contributed by atoms with E-state index in [2.05, 4.69) is 4.98 Å². The number of benzene rings is 1. The number of methoxy groups -OCH3 is 1. The maximum atomic E-state index is 13.9. The summed E-state index contributed by atoms with van der Waals surface area (Å²) >= 11 is 0. The lowest BCUT2D eigenvalue weighted by molar-refractivity contribution is -0.144. The molecule has 0 bridgehead atoms. The van der Waals surface area contributed by atoms with Crippen LogP contribution in [0.15, 0.2) is 36.7 Å². The van der Waals surface area contributed by atoms with Crippen LogP contribution in [-0.4, -0.2) is 82.8 Å². The smallest absolute Gasteiger partial charge is 0.240 e. The first-order valence-electron chi connectivity index (χ1n) is 12.2. The van der Waals surface area contributed by atoms with Gasteiger partial charge in [-0.15, -0.1) is 0 Å². The van der Waals surface area contributed by atoms with Crippen molar-refractivity contribution < 1.29 is 19.1 Å². The van der Waals surface area contributed by atoms with Crippen molar-refractivity contribution in [2.75, 3.05) is 40.8 Å². The van der Waals surface area contributed by atoms with Gasteiger partial charge in [0.05, 0.1) is 18.6 Å². The zero-order valence-corrected chi connectivity index (χ0v) is 21.1. The number of rotatable bonds is 8. The minimum atomic E-state index is -1.25. The number of ether oxygens (including phenoxy) is 1. The molecule has 2 aliphatic rings. The molecule has 4 rings (SSSR count). The molecular weight excluding hydrogens is 446 g/mol. The van der Waals surface area contributed by atoms with Crippen LogP contribution in [0.1, 0.15) is 49.5 Å². The van der Waals surface area contributed by atoms with E-state index in [4.69, 9.17) is 4.74 Å². The van der Waals surface area contributed by atoms with Gasteiger partial charge in [-0.25, -0.2) is 4.98 Å². The number of likely N-dealkylation sites (tertiary alicyclic amines) is 2. The summed E-state index contributed by atoms with van der Waals surface area (Å²) in [6, 6.07) is 7.06. The summed E-state index contributed by atoms with van der Waals surface area (Å²) in [6.45, 7) is 1.47. The molecule has 3 heterocycles. The van der Waals surface area contributed by atoms with E-state index in [1.165, 1.54) is 4.90 Å². The van der Waals surface area contributed by atoms with E-state index < -0.39 is 5.41 Å². The Morgan fingerprint density at radius 2 is 2.06 bits per heavy atom. The number of nitrogens with zero attached hydrogens (tertiary/aromatic N) is 5. The van der Waals surface area contributed by atoms with Gasteiger partial charge < -0.3 is 19.1 Å². The number of carbonyl (C=O) groups is 3. The minimum Gasteiger partial charge on any atom is -0.497 e. The molecule has 2 atom stereocenters. The van der Waals surface area contributed by atoms with Gasteiger partial charge in [-0.05, 0) is 51.1 Å². The van der Waals surface area contributed by atoms with Gasteiger partial charge in [-0.2, -0.15) is 0 Å². The molecule has 2 unspecified atom stereocenters. The lowest BCUT2D eigenvalue weighted by Gasteiger charge is -2.37. The molecule has 1 aromatic carbocycles. The standard InChI is InChI=1S/C26H35N5O4/c1-28(2)14-15-31-23(33)18-26(25(31)34,19-8-7-9-20(16-19)35-4)17-22(32)30-12-6-5-10-21(30)24-27-11-13-29(24)3/h7-9,11,13,16,21H,5-6,10,12,14-15,17-18H2,1-4H3. The zero-order chi connectivity index (χ0) is 25.2. The molecule has 35 heavy (non-hydrogen) atoms. The van der Waals surface area contributed by atoms with Crippen molar-refractivity contribution >= 4 is 17.7 Å². The number of piperidine rings is 1. The number of hydrogen-bond acceptors (Lipinski definition) is 6. The molecule has 0 saturated carbocycles. The van der Waals surface area contributed by atoms with E-state index in [-0.39, 0.29) is 36.6 Å². The van der Waals surface area contributed by atoms with Gasteiger partial charge in [0.1, 0.15) is 11.6 Å². The number of aromatic nitrogens is 2. The maximum absolute atomic E-state index is 13.9. The Balaban J connectivity index is 1.69. The molecule has 0 N–H and O–H groups in total. The average Bonchev–Trinajstić information content (AvgIpc) is 3.38. The first kappa shape index (κ1) is 24.9. The lowest BCUT2D eigenvalue weighted by Crippen LogP contribution is -2.46. The van der Waals surface area contributed by atoms with Crippen LogP contribution in [0.2, 0.25) is 0 Å². The highest BCUT2D eigenvalue weighted by molar-refractivity contribution is 6.10. The van der Waals surface area contributed by atoms with Crippen LogP contribution in [0.3, 0.4) is 0 Å². The van der Waals surface area contributed by atoms with E-state index >= 15 is 0 Å². The van der Waals surface area contributed by atoms with Crippen molar-refractivity contribution in [3.63, 3.8) is 0 Å². The van der Waals surface area contributed by atoms with Gasteiger partial charge in [-0.1, -0.05) is 12.1 Å². The van der Waals surface area contributed by atoms with E-state index in [1.807, 2.05) is 47.8 Å². The van der Waals surface area contributed by atoms with Gasteiger partial charge in [0.25, 0.3) is 0 Å². The number of likely N-dealkylation sites (N-methyl/N-ethyl adjacent to an activating group) is 1. The fraction of sp³-hybridized carbons (Fsp3) is 0.538. The van der Waals surface area contributed by atoms with E-state index in [0.29, 0.717) is 30.9 Å². The van der Waals surface area contributed by atoms with Crippen LogP contribution >= 0.6 is 0 Å². The van der Waals surface area contributed by atoms with Crippen molar-refractivity contribution in [2.45, 2.75) is 43.6 Å². The Hall–Kier alpha value is -3.20. The zero-order valence-electron chi connectivity index (χ0n) is 21.1. The quantitative estimate of drug-likeness (QED) is 0.537. The number of amides is 3. The maximum Gasteiger partial charge on any atom is 0.240 e. The monoisotopic (exact) mass is 481 g/mol. The molecule has 2 fully saturated rings. The third kappa shape index (κ3) is 4.82. The summed E-state index contributed by atoms with van der Waals surface area (Å²) in [7, 11) is 7.29. The number of imidazole rings is 1. The normalized spacial score (nSPS) is 22.8. The van der Waals surface area contributed by atoms with Crippen LogP contribution in [0.4, 0.5) is 0 Å². The van der Waals surface area contributed by atoms with Gasteiger partial charge in [0.2, 0.25) is 17.7 Å². The van der Waals surface area contributed by atoms with Crippen LogP contribution < -0.4 is 4.74 Å². The number of imide groups is 1. The third-order valence-corrected chi connectivity index (χ3v) is 7.23. The van der Waals surface area contributed by atoms with E-state index in [0.717, 1.165) is 25.1 Å². The average molecular weight is 482 g/mol. The fourth-order valence-electron chi connectivity index (χ4n) is 5.27. The van der Waals surface area contributed by atoms with Crippen molar-refractivity contribution in [1.29, 1.82) is 0 Å². The van der Waals surface area contributed by atoms with Crippen LogP contribution in [0.5, 0.6) is 5.75 Å². The predicted octanol–water partition coefficient (Wildman–Crippen LogP) is 2.13. The summed E-state index contributed by atoms with van der Waals surface area (Å²) in [4.78, 5) is 50.5. The SMILES string of the molecule is COc1cccc(C2(CC(=O)N3CCCCC3c3nccn3C)CC(=O)N(CCN(C)C)C2=O)c1. The molecule has 2 aromatic rings. The molecule has 2 aliphatic heterocycles. The summed E-state index contributed by atoms with van der Waals surface area (Å²) < 4.78 is 7.35. The van der Waals surface area contributed by atoms with E-state index in [9.17, 15) is 14.4 Å². The van der Waals surface area contributed by atoms with Crippen molar-refractivity contribution in [2.24, 2.45) is 7.05 Å². The Labute approximate surface area is 206 Å². The highest BCUT2D eigenvalue weighted by atomic mass is 16.5. The first-order chi connectivity index (χ1) is 16.8. The molecule has 0 spiro atoms. The Kier molecular flexibility index (Phi) is 7.25. The highest BCUT2D eigenvalue weighted by Crippen LogP contribution is 2.42. The third-order valence-electron chi connectivity index (χ3n) is 7.23. The van der Waals surface area contributed by atoms with Crippen molar-refractivity contribution in [1.82, 2.24) is 24.3 Å². The van der Waals surface area contributed by atoms with Gasteiger partial charge >= 0.3 is 0 Å². The molecule has 0 aliphatic carbocycles. The van der Waals surface area contributed by atoms with Gasteiger partial charge in [0, 0.05) is 51.9 Å². The molecule has 9 heteroatoms. The van der Waals surface area contributed by atoms with Crippen molar-refractivity contribution in [3.05, 3.63) is 48.0 Å². The lowest BCUT2D eigenvalue weighted by atomic mass is 9.75. The number of carbonyl (C=O) groups excluding carboxylic acids is 3. The topological polar surface area (TPSA) is 88.0 Å².